The molecule has 0 aromatic rings. The molecular formula is C14H29NO. The third-order valence-corrected chi connectivity index (χ3v) is 3.00. The molecule has 0 rings (SSSR count). The summed E-state index contributed by atoms with van der Waals surface area (Å²) in [6, 6.07) is 0. The Morgan fingerprint density at radius 1 is 0.875 bits per heavy atom. The molecule has 1 N–H and O–H groups in total. The van der Waals surface area contributed by atoms with Gasteiger partial charge in [-0.25, -0.2) is 0 Å². The zero-order valence-electron chi connectivity index (χ0n) is 11.1. The van der Waals surface area contributed by atoms with Gasteiger partial charge in [0.25, 0.3) is 0 Å². The summed E-state index contributed by atoms with van der Waals surface area (Å²) in [5.41, 5.74) is 0. The normalized spacial score (nSPS) is 10.6. The Bertz CT molecular complexity index is 158. The summed E-state index contributed by atoms with van der Waals surface area (Å²) in [7, 11) is 0. The third-order valence-electron chi connectivity index (χ3n) is 3.00. The molecule has 0 saturated carbocycles. The summed E-state index contributed by atoms with van der Waals surface area (Å²) < 4.78 is 1.16. The molecule has 0 unspecified atom stereocenters. The Balaban J connectivity index is 0. The fourth-order valence-corrected chi connectivity index (χ4v) is 2.09. The highest BCUT2D eigenvalue weighted by molar-refractivity contribution is 4.72. The number of rotatable bonds is 10. The fraction of sp³-hybridized carbons (Fsp3) is 0.714. The minimum absolute atomic E-state index is 0. The van der Waals surface area contributed by atoms with Gasteiger partial charge in [0.1, 0.15) is 0 Å². The highest BCUT2D eigenvalue weighted by Crippen LogP contribution is 2.12. The Labute approximate surface area is 102 Å². The lowest BCUT2D eigenvalue weighted by Gasteiger charge is -2.37. The minimum atomic E-state index is 0. The summed E-state index contributed by atoms with van der Waals surface area (Å²) in [6.07, 6.45) is 9.31. The van der Waals surface area contributed by atoms with Crippen LogP contribution in [0.5, 0.6) is 0 Å². The molecule has 0 aliphatic carbocycles. The molecule has 0 heterocycles. The van der Waals surface area contributed by atoms with Crippen molar-refractivity contribution >= 4 is 0 Å². The average molecular weight is 227 g/mol. The van der Waals surface area contributed by atoms with Gasteiger partial charge in [-0.1, -0.05) is 39.8 Å². The number of hydrogen-bond donors (Lipinski definition) is 0. The smallest absolute Gasteiger partial charge is 0.0973 e. The molecule has 0 aliphatic rings. The second-order valence-corrected chi connectivity index (χ2v) is 4.44. The second kappa shape index (κ2) is 10.9. The number of nitrogens with zero attached hydrogens (tertiary/aromatic N) is 1. The summed E-state index contributed by atoms with van der Waals surface area (Å²) in [5, 5.41) is 0. The van der Waals surface area contributed by atoms with Crippen LogP contribution in [-0.4, -0.2) is 36.1 Å². The molecule has 0 saturated heterocycles. The molecule has 0 aliphatic heterocycles. The van der Waals surface area contributed by atoms with E-state index in [-0.39, 0.29) is 5.48 Å². The van der Waals surface area contributed by atoms with E-state index in [0.29, 0.717) is 0 Å². The van der Waals surface area contributed by atoms with E-state index in [4.69, 9.17) is 0 Å². The van der Waals surface area contributed by atoms with Crippen LogP contribution in [0.1, 0.15) is 39.5 Å². The van der Waals surface area contributed by atoms with Crippen LogP contribution in [0.15, 0.2) is 25.3 Å². The van der Waals surface area contributed by atoms with Gasteiger partial charge < -0.3 is 9.96 Å². The Kier molecular flexibility index (Phi) is 12.1. The van der Waals surface area contributed by atoms with Crippen LogP contribution in [0, 0.1) is 0 Å². The monoisotopic (exact) mass is 227 g/mol. The van der Waals surface area contributed by atoms with E-state index in [1.54, 1.807) is 0 Å². The van der Waals surface area contributed by atoms with E-state index >= 15 is 0 Å². The second-order valence-electron chi connectivity index (χ2n) is 4.44. The van der Waals surface area contributed by atoms with Gasteiger partial charge in [-0.05, 0) is 25.0 Å². The Morgan fingerprint density at radius 3 is 1.50 bits per heavy atom. The molecule has 0 fully saturated rings. The van der Waals surface area contributed by atoms with Gasteiger partial charge in [-0.15, -0.1) is 0 Å². The van der Waals surface area contributed by atoms with Crippen molar-refractivity contribution in [2.45, 2.75) is 39.5 Å². The van der Waals surface area contributed by atoms with Crippen molar-refractivity contribution < 1.29 is 9.96 Å². The first kappa shape index (κ1) is 17.8. The Hall–Kier alpha value is -0.600. The highest BCUT2D eigenvalue weighted by atomic mass is 16.0. The zero-order valence-corrected chi connectivity index (χ0v) is 11.1. The van der Waals surface area contributed by atoms with Gasteiger partial charge in [-0.2, -0.15) is 0 Å². The lowest BCUT2D eigenvalue weighted by molar-refractivity contribution is -0.917. The van der Waals surface area contributed by atoms with Crippen LogP contribution >= 0.6 is 0 Å². The maximum atomic E-state index is 3.89. The van der Waals surface area contributed by atoms with Gasteiger partial charge in [0, 0.05) is 0 Å². The van der Waals surface area contributed by atoms with Crippen LogP contribution in [-0.2, 0) is 0 Å². The van der Waals surface area contributed by atoms with Gasteiger partial charge in [-0.3, -0.25) is 0 Å². The maximum absolute atomic E-state index is 3.89. The zero-order chi connectivity index (χ0) is 11.6. The minimum Gasteiger partial charge on any atom is -0.870 e. The molecule has 2 heteroatoms. The molecule has 16 heavy (non-hydrogen) atoms. The SMILES string of the molecule is C=CC[N+](CC=C)(CCCC)CCCC.[OH-]. The van der Waals surface area contributed by atoms with Gasteiger partial charge in [0.05, 0.1) is 26.2 Å². The van der Waals surface area contributed by atoms with Crippen LogP contribution in [0.2, 0.25) is 0 Å². The molecule has 96 valence electrons. The van der Waals surface area contributed by atoms with Gasteiger partial charge >= 0.3 is 0 Å². The first-order valence-electron chi connectivity index (χ1n) is 6.31. The van der Waals surface area contributed by atoms with Crippen LogP contribution < -0.4 is 0 Å². The molecule has 0 radical (unpaired) electrons. The fourth-order valence-electron chi connectivity index (χ4n) is 2.09. The third kappa shape index (κ3) is 6.81. The first-order chi connectivity index (χ1) is 7.24. The predicted molar refractivity (Wildman–Crippen MR) is 71.9 cm³/mol. The lowest BCUT2D eigenvalue weighted by Crippen LogP contribution is -2.49. The highest BCUT2D eigenvalue weighted by Gasteiger charge is 2.22. The van der Waals surface area contributed by atoms with Crippen LogP contribution in [0.25, 0.3) is 0 Å². The molecule has 0 amide bonds. The lowest BCUT2D eigenvalue weighted by atomic mass is 10.2. The summed E-state index contributed by atoms with van der Waals surface area (Å²) in [5.74, 6) is 0. The number of hydrogen-bond acceptors (Lipinski definition) is 1. The van der Waals surface area contributed by atoms with Crippen LogP contribution in [0.4, 0.5) is 0 Å². The van der Waals surface area contributed by atoms with Crippen molar-refractivity contribution in [2.75, 3.05) is 26.2 Å². The molecule has 0 spiro atoms. The summed E-state index contributed by atoms with van der Waals surface area (Å²) in [4.78, 5) is 0. The van der Waals surface area contributed by atoms with Crippen molar-refractivity contribution in [3.05, 3.63) is 25.3 Å². The average Bonchev–Trinajstić information content (AvgIpc) is 2.24. The van der Waals surface area contributed by atoms with E-state index in [1.165, 1.54) is 38.8 Å². The largest absolute Gasteiger partial charge is 0.870 e. The molecule has 0 aromatic heterocycles. The molecule has 0 atom stereocenters. The van der Waals surface area contributed by atoms with Gasteiger partial charge in [0.15, 0.2) is 0 Å². The van der Waals surface area contributed by atoms with Gasteiger partial charge in [0.2, 0.25) is 0 Å². The Morgan fingerprint density at radius 2 is 1.25 bits per heavy atom. The van der Waals surface area contributed by atoms with E-state index in [1.807, 2.05) is 0 Å². The standard InChI is InChI=1S/C14H28N.H2O/c1-5-9-13-15(11-7-3,12-8-4)14-10-6-2;/h7-8H,3-6,9-14H2,1-2H3;1H2/q+1;/p-1. The van der Waals surface area contributed by atoms with Crippen molar-refractivity contribution in [1.82, 2.24) is 0 Å². The molecule has 2 nitrogen and oxygen atoms in total. The molecule has 0 bridgehead atoms. The van der Waals surface area contributed by atoms with Crippen molar-refractivity contribution in [1.29, 1.82) is 0 Å². The van der Waals surface area contributed by atoms with E-state index in [2.05, 4.69) is 39.2 Å². The van der Waals surface area contributed by atoms with Crippen molar-refractivity contribution in [3.63, 3.8) is 0 Å². The topological polar surface area (TPSA) is 30.0 Å². The number of unbranched alkanes of at least 4 members (excludes halogenated alkanes) is 2. The predicted octanol–water partition coefficient (Wildman–Crippen LogP) is 3.60. The molecule has 0 aromatic carbocycles. The maximum Gasteiger partial charge on any atom is 0.0973 e. The first-order valence-corrected chi connectivity index (χ1v) is 6.31. The summed E-state index contributed by atoms with van der Waals surface area (Å²) in [6.45, 7) is 17.0. The van der Waals surface area contributed by atoms with E-state index in [9.17, 15) is 0 Å². The quantitative estimate of drug-likeness (QED) is 0.414. The van der Waals surface area contributed by atoms with Crippen LogP contribution in [0.3, 0.4) is 0 Å². The molecular weight excluding hydrogens is 198 g/mol. The van der Waals surface area contributed by atoms with E-state index in [0.717, 1.165) is 17.6 Å². The van der Waals surface area contributed by atoms with Crippen molar-refractivity contribution in [2.24, 2.45) is 0 Å². The van der Waals surface area contributed by atoms with E-state index < -0.39 is 0 Å². The van der Waals surface area contributed by atoms with Crippen molar-refractivity contribution in [3.8, 4) is 0 Å². The number of quaternary nitrogens is 1. The summed E-state index contributed by atoms with van der Waals surface area (Å²) >= 11 is 0.